The van der Waals surface area contributed by atoms with Crippen molar-refractivity contribution in [3.8, 4) is 0 Å². The molecule has 0 fully saturated rings. The molecule has 118 valence electrons. The molecule has 2 heterocycles. The molecule has 2 rings (SSSR count). The Labute approximate surface area is 130 Å². The molecule has 0 saturated heterocycles. The van der Waals surface area contributed by atoms with Crippen LogP contribution < -0.4 is 0 Å². The van der Waals surface area contributed by atoms with E-state index in [4.69, 9.17) is 4.74 Å². The minimum absolute atomic E-state index is 0.0282. The van der Waals surface area contributed by atoms with Crippen LogP contribution in [0.5, 0.6) is 0 Å². The lowest BCUT2D eigenvalue weighted by Crippen LogP contribution is -2.34. The van der Waals surface area contributed by atoms with Gasteiger partial charge in [0.1, 0.15) is 6.33 Å². The highest BCUT2D eigenvalue weighted by molar-refractivity contribution is 5.76. The zero-order valence-corrected chi connectivity index (χ0v) is 13.3. The molecule has 1 aliphatic heterocycles. The summed E-state index contributed by atoms with van der Waals surface area (Å²) >= 11 is 0. The molecule has 0 aliphatic carbocycles. The predicted octanol–water partition coefficient (Wildman–Crippen LogP) is 2.67. The Morgan fingerprint density at radius 1 is 1.55 bits per heavy atom. The smallest absolute Gasteiger partial charge is 0.413 e. The van der Waals surface area contributed by atoms with Gasteiger partial charge in [0.25, 0.3) is 0 Å². The van der Waals surface area contributed by atoms with Crippen molar-refractivity contribution in [3.63, 3.8) is 0 Å². The number of ether oxygens (including phenoxy) is 1. The first kappa shape index (κ1) is 16.1. The van der Waals surface area contributed by atoms with Gasteiger partial charge < -0.3 is 4.74 Å². The number of aliphatic imine (C=N–C) groups is 1. The van der Waals surface area contributed by atoms with E-state index in [2.05, 4.69) is 15.0 Å². The summed E-state index contributed by atoms with van der Waals surface area (Å²) in [5.41, 5.74) is 0.745. The Bertz CT molecular complexity index is 549. The molecule has 0 saturated carbocycles. The van der Waals surface area contributed by atoms with E-state index in [0.717, 1.165) is 12.1 Å². The van der Waals surface area contributed by atoms with E-state index in [1.807, 2.05) is 26.8 Å². The molecule has 1 atom stereocenters. The van der Waals surface area contributed by atoms with Crippen molar-refractivity contribution in [1.82, 2.24) is 14.9 Å². The quantitative estimate of drug-likeness (QED) is 0.805. The predicted molar refractivity (Wildman–Crippen MR) is 84.7 cm³/mol. The zero-order chi connectivity index (χ0) is 16.0. The van der Waals surface area contributed by atoms with Crippen LogP contribution in [-0.2, 0) is 4.74 Å². The summed E-state index contributed by atoms with van der Waals surface area (Å²) in [5.74, 6) is 0. The van der Waals surface area contributed by atoms with Crippen LogP contribution in [0.4, 0.5) is 4.79 Å². The Morgan fingerprint density at radius 2 is 2.36 bits per heavy atom. The van der Waals surface area contributed by atoms with Crippen molar-refractivity contribution in [1.29, 1.82) is 0 Å². The molecule has 1 aliphatic rings. The highest BCUT2D eigenvalue weighted by Gasteiger charge is 2.20. The average Bonchev–Trinajstić information content (AvgIpc) is 2.51. The Morgan fingerprint density at radius 3 is 2.95 bits per heavy atom. The van der Waals surface area contributed by atoms with Crippen molar-refractivity contribution in [2.24, 2.45) is 10.4 Å². The molecular formula is C16H22N4O2. The first-order valence-corrected chi connectivity index (χ1v) is 7.35. The summed E-state index contributed by atoms with van der Waals surface area (Å²) in [5, 5.41) is 0. The van der Waals surface area contributed by atoms with E-state index < -0.39 is 0 Å². The molecule has 0 aromatic carbocycles. The third kappa shape index (κ3) is 5.27. The van der Waals surface area contributed by atoms with E-state index in [1.165, 1.54) is 6.33 Å². The van der Waals surface area contributed by atoms with Crippen LogP contribution >= 0.6 is 0 Å². The molecule has 6 nitrogen and oxygen atoms in total. The SMILES string of the molecule is CC(C)(C)COC(=O)N1C=CC(N=Cc2ccncn2)CC1. The van der Waals surface area contributed by atoms with Gasteiger partial charge >= 0.3 is 6.09 Å². The number of nitrogens with zero attached hydrogens (tertiary/aromatic N) is 4. The van der Waals surface area contributed by atoms with Gasteiger partial charge in [-0.15, -0.1) is 0 Å². The fourth-order valence-electron chi connectivity index (χ4n) is 1.83. The fraction of sp³-hybridized carbons (Fsp3) is 0.500. The maximum atomic E-state index is 11.9. The molecule has 1 aromatic heterocycles. The van der Waals surface area contributed by atoms with Crippen molar-refractivity contribution in [2.75, 3.05) is 13.2 Å². The minimum atomic E-state index is -0.301. The number of rotatable bonds is 3. The molecule has 6 heteroatoms. The van der Waals surface area contributed by atoms with Crippen molar-refractivity contribution in [3.05, 3.63) is 36.6 Å². The summed E-state index contributed by atoms with van der Waals surface area (Å²) in [6, 6.07) is 1.85. The maximum absolute atomic E-state index is 11.9. The van der Waals surface area contributed by atoms with Gasteiger partial charge in [0.2, 0.25) is 0 Å². The third-order valence-corrected chi connectivity index (χ3v) is 3.02. The molecule has 1 unspecified atom stereocenters. The standard InChI is InChI=1S/C16H22N4O2/c1-16(2,3)11-22-15(21)20-8-5-13(6-9-20)18-10-14-4-7-17-12-19-14/h4-5,7-8,10,12-13H,6,9,11H2,1-3H3. The van der Waals surface area contributed by atoms with Gasteiger partial charge in [-0.05, 0) is 24.0 Å². The minimum Gasteiger partial charge on any atom is -0.449 e. The van der Waals surface area contributed by atoms with Gasteiger partial charge in [-0.3, -0.25) is 9.89 Å². The lowest BCUT2D eigenvalue weighted by Gasteiger charge is -2.26. The van der Waals surface area contributed by atoms with Crippen molar-refractivity contribution in [2.45, 2.75) is 33.2 Å². The number of hydrogen-bond donors (Lipinski definition) is 0. The van der Waals surface area contributed by atoms with E-state index in [9.17, 15) is 4.79 Å². The second-order valence-electron chi connectivity index (χ2n) is 6.42. The van der Waals surface area contributed by atoms with Crippen LogP contribution in [0.15, 0.2) is 35.9 Å². The monoisotopic (exact) mass is 302 g/mol. The first-order valence-electron chi connectivity index (χ1n) is 7.35. The third-order valence-electron chi connectivity index (χ3n) is 3.02. The van der Waals surface area contributed by atoms with E-state index in [1.54, 1.807) is 29.6 Å². The average molecular weight is 302 g/mol. The molecule has 0 radical (unpaired) electrons. The van der Waals surface area contributed by atoms with E-state index >= 15 is 0 Å². The lowest BCUT2D eigenvalue weighted by molar-refractivity contribution is 0.0818. The number of amides is 1. The van der Waals surface area contributed by atoms with Gasteiger partial charge in [-0.25, -0.2) is 14.8 Å². The molecule has 1 aromatic rings. The lowest BCUT2D eigenvalue weighted by atomic mass is 9.99. The summed E-state index contributed by atoms with van der Waals surface area (Å²) < 4.78 is 5.29. The van der Waals surface area contributed by atoms with E-state index in [-0.39, 0.29) is 17.6 Å². The van der Waals surface area contributed by atoms with Gasteiger partial charge in [0.15, 0.2) is 0 Å². The normalized spacial score (nSPS) is 18.7. The zero-order valence-electron chi connectivity index (χ0n) is 13.3. The number of aromatic nitrogens is 2. The first-order chi connectivity index (χ1) is 10.4. The number of carbonyl (C=O) groups excluding carboxylic acids is 1. The maximum Gasteiger partial charge on any atom is 0.413 e. The summed E-state index contributed by atoms with van der Waals surface area (Å²) in [6.07, 6.45) is 9.01. The topological polar surface area (TPSA) is 67.7 Å². The van der Waals surface area contributed by atoms with Crippen molar-refractivity contribution < 1.29 is 9.53 Å². The highest BCUT2D eigenvalue weighted by Crippen LogP contribution is 2.16. The Kier molecular flexibility index (Phi) is 5.25. The number of hydrogen-bond acceptors (Lipinski definition) is 5. The second-order valence-corrected chi connectivity index (χ2v) is 6.42. The van der Waals surface area contributed by atoms with Crippen LogP contribution in [0.2, 0.25) is 0 Å². The van der Waals surface area contributed by atoms with Crippen LogP contribution in [0.25, 0.3) is 0 Å². The summed E-state index contributed by atoms with van der Waals surface area (Å²) in [4.78, 5) is 25.9. The van der Waals surface area contributed by atoms with Gasteiger partial charge in [0.05, 0.1) is 18.3 Å². The van der Waals surface area contributed by atoms with Gasteiger partial charge in [-0.1, -0.05) is 20.8 Å². The number of carbonyl (C=O) groups is 1. The van der Waals surface area contributed by atoms with Crippen LogP contribution in [0.3, 0.4) is 0 Å². The Hall–Kier alpha value is -2.24. The second kappa shape index (κ2) is 7.15. The van der Waals surface area contributed by atoms with Crippen LogP contribution in [-0.4, -0.2) is 46.4 Å². The van der Waals surface area contributed by atoms with Crippen LogP contribution in [0.1, 0.15) is 32.9 Å². The summed E-state index contributed by atoms with van der Waals surface area (Å²) in [7, 11) is 0. The van der Waals surface area contributed by atoms with Crippen molar-refractivity contribution >= 4 is 12.3 Å². The van der Waals surface area contributed by atoms with E-state index in [0.29, 0.717) is 13.2 Å². The largest absolute Gasteiger partial charge is 0.449 e. The molecule has 0 N–H and O–H groups in total. The highest BCUT2D eigenvalue weighted by atomic mass is 16.6. The molecule has 0 bridgehead atoms. The molecular weight excluding hydrogens is 280 g/mol. The molecule has 22 heavy (non-hydrogen) atoms. The van der Waals surface area contributed by atoms with Gasteiger partial charge in [-0.2, -0.15) is 0 Å². The Balaban J connectivity index is 1.84. The fourth-order valence-corrected chi connectivity index (χ4v) is 1.83. The van der Waals surface area contributed by atoms with Crippen LogP contribution in [0, 0.1) is 5.41 Å². The summed E-state index contributed by atoms with van der Waals surface area (Å²) in [6.45, 7) is 7.11. The van der Waals surface area contributed by atoms with Gasteiger partial charge in [0, 0.05) is 25.2 Å². The molecule has 0 spiro atoms. The molecule has 1 amide bonds.